The summed E-state index contributed by atoms with van der Waals surface area (Å²) in [6, 6.07) is 11.6. The molecule has 0 aliphatic carbocycles. The zero-order chi connectivity index (χ0) is 27.6. The fraction of sp³-hybridized carbons (Fsp3) is 0.143. The third-order valence-electron chi connectivity index (χ3n) is 6.23. The number of nitrogens with zero attached hydrogens (tertiary/aromatic N) is 1. The minimum absolute atomic E-state index is 0.0131. The molecule has 1 aliphatic heterocycles. The van der Waals surface area contributed by atoms with E-state index >= 15 is 0 Å². The Hall–Kier alpha value is -4.50. The molecule has 2 amide bonds. The molecule has 0 saturated carbocycles. The van der Waals surface area contributed by atoms with Gasteiger partial charge in [-0.05, 0) is 67.4 Å². The van der Waals surface area contributed by atoms with Crippen molar-refractivity contribution in [2.75, 3.05) is 11.9 Å². The first-order chi connectivity index (χ1) is 18.1. The fourth-order valence-corrected chi connectivity index (χ4v) is 4.53. The molecule has 1 heterocycles. The van der Waals surface area contributed by atoms with E-state index in [0.29, 0.717) is 16.8 Å². The largest absolute Gasteiger partial charge is 0.508 e. The van der Waals surface area contributed by atoms with Crippen molar-refractivity contribution in [3.63, 3.8) is 0 Å². The van der Waals surface area contributed by atoms with Crippen molar-refractivity contribution in [2.24, 2.45) is 0 Å². The van der Waals surface area contributed by atoms with E-state index in [1.807, 2.05) is 0 Å². The van der Waals surface area contributed by atoms with E-state index in [0.717, 1.165) is 12.2 Å². The van der Waals surface area contributed by atoms with Gasteiger partial charge < -0.3 is 20.4 Å². The average molecular weight is 537 g/mol. The van der Waals surface area contributed by atoms with Gasteiger partial charge >= 0.3 is 5.97 Å². The molecule has 10 heteroatoms. The molecule has 38 heavy (non-hydrogen) atoms. The van der Waals surface area contributed by atoms with Crippen LogP contribution in [-0.4, -0.2) is 45.2 Å². The maximum atomic E-state index is 14.7. The van der Waals surface area contributed by atoms with Crippen molar-refractivity contribution in [3.8, 4) is 5.75 Å². The maximum absolute atomic E-state index is 14.7. The highest BCUT2D eigenvalue weighted by atomic mass is 35.5. The maximum Gasteiger partial charge on any atom is 0.335 e. The first kappa shape index (κ1) is 26.6. The molecule has 3 N–H and O–H groups in total. The Balaban J connectivity index is 1.68. The number of phenolic OH excluding ortho intramolecular Hbond substituents is 1. The number of nitrogens with one attached hydrogen (secondary N) is 1. The molecule has 0 spiro atoms. The van der Waals surface area contributed by atoms with Crippen LogP contribution >= 0.6 is 11.6 Å². The van der Waals surface area contributed by atoms with Crippen LogP contribution in [0.1, 0.15) is 50.4 Å². The minimum Gasteiger partial charge on any atom is -0.508 e. The Morgan fingerprint density at radius 2 is 1.79 bits per heavy atom. The Kier molecular flexibility index (Phi) is 7.59. The zero-order valence-electron chi connectivity index (χ0n) is 20.1. The summed E-state index contributed by atoms with van der Waals surface area (Å²) >= 11 is 5.87. The van der Waals surface area contributed by atoms with Crippen LogP contribution in [0.5, 0.6) is 5.75 Å². The van der Waals surface area contributed by atoms with E-state index in [2.05, 4.69) is 5.32 Å². The van der Waals surface area contributed by atoms with E-state index < -0.39 is 35.4 Å². The second kappa shape index (κ2) is 10.9. The minimum atomic E-state index is -1.15. The predicted octanol–water partition coefficient (Wildman–Crippen LogP) is 4.86. The normalized spacial score (nSPS) is 14.7. The summed E-state index contributed by atoms with van der Waals surface area (Å²) in [5.74, 6) is -3.63. The number of aromatic hydroxyl groups is 1. The van der Waals surface area contributed by atoms with Crippen LogP contribution in [0.4, 0.5) is 10.1 Å². The van der Waals surface area contributed by atoms with Gasteiger partial charge in [-0.3, -0.25) is 14.4 Å². The van der Waals surface area contributed by atoms with E-state index in [4.69, 9.17) is 16.7 Å². The highest BCUT2D eigenvalue weighted by molar-refractivity contribution is 6.31. The number of carboxylic acids is 1. The number of aromatic carboxylic acids is 1. The van der Waals surface area contributed by atoms with Crippen molar-refractivity contribution in [2.45, 2.75) is 19.4 Å². The molecule has 1 atom stereocenters. The number of hydrogen-bond donors (Lipinski definition) is 3. The molecule has 8 nitrogen and oxygen atoms in total. The van der Waals surface area contributed by atoms with E-state index in [9.17, 15) is 28.7 Å². The number of Topliss-reactive ketones (excluding diaryl/α,β-unsaturated/α-hetero) is 1. The molecule has 194 valence electrons. The lowest BCUT2D eigenvalue weighted by Crippen LogP contribution is -2.44. The topological polar surface area (TPSA) is 124 Å². The van der Waals surface area contributed by atoms with Crippen molar-refractivity contribution in [3.05, 3.63) is 99.3 Å². The van der Waals surface area contributed by atoms with Crippen LogP contribution in [0.15, 0.2) is 60.7 Å². The smallest absolute Gasteiger partial charge is 0.335 e. The molecule has 1 unspecified atom stereocenters. The van der Waals surface area contributed by atoms with Crippen molar-refractivity contribution in [1.82, 2.24) is 4.90 Å². The lowest BCUT2D eigenvalue weighted by Gasteiger charge is -2.36. The molecule has 4 rings (SSSR count). The van der Waals surface area contributed by atoms with Gasteiger partial charge in [-0.2, -0.15) is 0 Å². The van der Waals surface area contributed by atoms with Crippen molar-refractivity contribution < 1.29 is 33.8 Å². The molecule has 0 fully saturated rings. The summed E-state index contributed by atoms with van der Waals surface area (Å²) in [4.78, 5) is 51.1. The molecule has 3 aromatic rings. The lowest BCUT2D eigenvalue weighted by molar-refractivity contribution is -0.135. The summed E-state index contributed by atoms with van der Waals surface area (Å²) < 4.78 is 14.7. The van der Waals surface area contributed by atoms with E-state index in [1.165, 1.54) is 54.3 Å². The number of halogens is 2. The van der Waals surface area contributed by atoms with Crippen LogP contribution in [0, 0.1) is 5.82 Å². The van der Waals surface area contributed by atoms with Crippen LogP contribution < -0.4 is 5.32 Å². The van der Waals surface area contributed by atoms with E-state index in [-0.39, 0.29) is 40.4 Å². The zero-order valence-corrected chi connectivity index (χ0v) is 20.8. The third-order valence-corrected chi connectivity index (χ3v) is 6.52. The van der Waals surface area contributed by atoms with Gasteiger partial charge in [0, 0.05) is 35.0 Å². The Labute approximate surface area is 222 Å². The number of ketones is 1. The summed E-state index contributed by atoms with van der Waals surface area (Å²) in [5.41, 5.74) is 1.17. The molecule has 1 aliphatic rings. The average Bonchev–Trinajstić information content (AvgIpc) is 2.88. The van der Waals surface area contributed by atoms with Gasteiger partial charge in [0.2, 0.25) is 5.91 Å². The highest BCUT2D eigenvalue weighted by Crippen LogP contribution is 2.36. The number of carboxylic acid groups (broad SMARTS) is 1. The van der Waals surface area contributed by atoms with E-state index in [1.54, 1.807) is 12.1 Å². The van der Waals surface area contributed by atoms with Crippen LogP contribution in [-0.2, 0) is 16.0 Å². The molecular weight excluding hydrogens is 515 g/mol. The molecule has 0 bridgehead atoms. The summed E-state index contributed by atoms with van der Waals surface area (Å²) in [6.07, 6.45) is 2.48. The first-order valence-corrected chi connectivity index (χ1v) is 11.9. The monoisotopic (exact) mass is 536 g/mol. The summed E-state index contributed by atoms with van der Waals surface area (Å²) in [7, 11) is 0. The standard InChI is InChI=1S/C28H22ClFN2O6/c1-15(33)18-9-11-22(29)25(30)20(18)10-12-24(35)32-14-13-19-21(3-2-4-23(19)34)26(32)27(36)31-17-7-5-16(6-8-17)28(37)38/h2-12,26,34H,13-14H2,1H3,(H,31,36)(H,37,38)/b12-10+. The van der Waals surface area contributed by atoms with Gasteiger partial charge in [0.15, 0.2) is 5.78 Å². The second-order valence-corrected chi connectivity index (χ2v) is 9.02. The van der Waals surface area contributed by atoms with Gasteiger partial charge in [-0.1, -0.05) is 23.7 Å². The van der Waals surface area contributed by atoms with Crippen molar-refractivity contribution >= 4 is 46.9 Å². The van der Waals surface area contributed by atoms with Crippen LogP contribution in [0.2, 0.25) is 5.02 Å². The summed E-state index contributed by atoms with van der Waals surface area (Å²) in [6.45, 7) is 1.33. The van der Waals surface area contributed by atoms with Gasteiger partial charge in [-0.15, -0.1) is 0 Å². The number of carbonyl (C=O) groups is 4. The van der Waals surface area contributed by atoms with Crippen molar-refractivity contribution in [1.29, 1.82) is 0 Å². The lowest BCUT2D eigenvalue weighted by atomic mass is 9.91. The second-order valence-electron chi connectivity index (χ2n) is 8.61. The predicted molar refractivity (Wildman–Crippen MR) is 139 cm³/mol. The Morgan fingerprint density at radius 1 is 1.08 bits per heavy atom. The quantitative estimate of drug-likeness (QED) is 0.305. The van der Waals surface area contributed by atoms with Gasteiger partial charge in [0.05, 0.1) is 10.6 Å². The molecule has 3 aromatic carbocycles. The fourth-order valence-electron chi connectivity index (χ4n) is 4.36. The molecule has 0 radical (unpaired) electrons. The van der Waals surface area contributed by atoms with Crippen LogP contribution in [0.3, 0.4) is 0 Å². The number of rotatable bonds is 6. The number of anilines is 1. The number of hydrogen-bond acceptors (Lipinski definition) is 5. The summed E-state index contributed by atoms with van der Waals surface area (Å²) in [5, 5.41) is 21.9. The molecule has 0 saturated heterocycles. The Bertz CT molecular complexity index is 1490. The Morgan fingerprint density at radius 3 is 2.45 bits per heavy atom. The number of phenols is 1. The third kappa shape index (κ3) is 5.28. The first-order valence-electron chi connectivity index (χ1n) is 11.5. The highest BCUT2D eigenvalue weighted by Gasteiger charge is 2.36. The number of benzene rings is 3. The SMILES string of the molecule is CC(=O)c1ccc(Cl)c(F)c1/C=C/C(=O)N1CCc2c(O)cccc2C1C(=O)Nc1ccc(C(=O)O)cc1. The number of amides is 2. The van der Waals surface area contributed by atoms with Gasteiger partial charge in [0.25, 0.3) is 5.91 Å². The number of fused-ring (bicyclic) bond motifs is 1. The molecular formula is C28H22ClFN2O6. The van der Waals surface area contributed by atoms with Gasteiger partial charge in [-0.25, -0.2) is 9.18 Å². The van der Waals surface area contributed by atoms with Crippen LogP contribution in [0.25, 0.3) is 6.08 Å². The number of carbonyl (C=O) groups excluding carboxylic acids is 3. The van der Waals surface area contributed by atoms with Gasteiger partial charge in [0.1, 0.15) is 17.6 Å². The molecule has 0 aromatic heterocycles.